The molecule has 1 saturated heterocycles. The van der Waals surface area contributed by atoms with Crippen LogP contribution in [0.5, 0.6) is 11.5 Å². The molecule has 2 aromatic carbocycles. The number of aryl methyl sites for hydroxylation is 1. The van der Waals surface area contributed by atoms with Crippen LogP contribution in [-0.4, -0.2) is 30.4 Å². The maximum Gasteiger partial charge on any atom is 0.335 e. The Morgan fingerprint density at radius 3 is 2.40 bits per heavy atom. The Kier molecular flexibility index (Phi) is 5.96. The van der Waals surface area contributed by atoms with E-state index in [0.29, 0.717) is 17.9 Å². The number of nitrogens with one attached hydrogen (secondary N) is 1. The molecule has 1 fully saturated rings. The Balaban J connectivity index is 1.98. The van der Waals surface area contributed by atoms with Crippen LogP contribution in [0.25, 0.3) is 6.08 Å². The monoisotopic (exact) mass is 408 g/mol. The number of nitrogens with zero attached hydrogens (tertiary/aromatic N) is 1. The van der Waals surface area contributed by atoms with Gasteiger partial charge in [0.1, 0.15) is 5.57 Å². The number of hydrogen-bond acceptors (Lipinski definition) is 6. The summed E-state index contributed by atoms with van der Waals surface area (Å²) in [5.41, 5.74) is 1.57. The molecule has 1 N–H and O–H groups in total. The van der Waals surface area contributed by atoms with Gasteiger partial charge in [-0.3, -0.25) is 19.7 Å². The van der Waals surface area contributed by atoms with Crippen molar-refractivity contribution in [2.45, 2.75) is 20.8 Å². The third-order valence-electron chi connectivity index (χ3n) is 4.23. The second-order valence-electron chi connectivity index (χ2n) is 6.53. The fourth-order valence-corrected chi connectivity index (χ4v) is 2.87. The van der Waals surface area contributed by atoms with Crippen molar-refractivity contribution in [2.75, 3.05) is 11.5 Å². The number of ether oxygens (including phenoxy) is 2. The minimum absolute atomic E-state index is 0.210. The Hall–Kier alpha value is -3.94. The van der Waals surface area contributed by atoms with E-state index in [0.717, 1.165) is 10.5 Å². The Morgan fingerprint density at radius 2 is 1.77 bits per heavy atom. The Bertz CT molecular complexity index is 1060. The number of rotatable bonds is 5. The molecule has 30 heavy (non-hydrogen) atoms. The lowest BCUT2D eigenvalue weighted by atomic mass is 10.1. The molecule has 1 aliphatic heterocycles. The zero-order valence-electron chi connectivity index (χ0n) is 16.7. The highest BCUT2D eigenvalue weighted by Crippen LogP contribution is 2.30. The summed E-state index contributed by atoms with van der Waals surface area (Å²) in [5.74, 6) is -1.53. The van der Waals surface area contributed by atoms with Crippen LogP contribution in [0.1, 0.15) is 25.0 Å². The van der Waals surface area contributed by atoms with Gasteiger partial charge in [-0.1, -0.05) is 23.8 Å². The van der Waals surface area contributed by atoms with E-state index >= 15 is 0 Å². The Labute approximate surface area is 173 Å². The fraction of sp³-hybridized carbons (Fsp3) is 0.182. The van der Waals surface area contributed by atoms with Gasteiger partial charge in [-0.05, 0) is 49.8 Å². The van der Waals surface area contributed by atoms with Crippen molar-refractivity contribution < 1.29 is 28.7 Å². The molecule has 1 aliphatic rings. The molecular formula is C22H20N2O6. The zero-order valence-corrected chi connectivity index (χ0v) is 16.7. The normalized spacial score (nSPS) is 15.2. The number of urea groups is 1. The summed E-state index contributed by atoms with van der Waals surface area (Å²) in [6.45, 7) is 5.24. The largest absolute Gasteiger partial charge is 0.490 e. The molecule has 3 rings (SSSR count). The first-order valence-electron chi connectivity index (χ1n) is 9.23. The van der Waals surface area contributed by atoms with Crippen molar-refractivity contribution in [3.63, 3.8) is 0 Å². The van der Waals surface area contributed by atoms with E-state index in [1.807, 2.05) is 6.92 Å². The lowest BCUT2D eigenvalue weighted by molar-refractivity contribution is -0.132. The third kappa shape index (κ3) is 4.38. The van der Waals surface area contributed by atoms with Crippen molar-refractivity contribution in [1.29, 1.82) is 0 Å². The average Bonchev–Trinajstić information content (AvgIpc) is 2.68. The molecule has 1 heterocycles. The molecule has 0 aliphatic carbocycles. The van der Waals surface area contributed by atoms with E-state index in [9.17, 15) is 19.2 Å². The lowest BCUT2D eigenvalue weighted by Gasteiger charge is -2.26. The van der Waals surface area contributed by atoms with Gasteiger partial charge in [0.15, 0.2) is 11.5 Å². The van der Waals surface area contributed by atoms with E-state index in [2.05, 4.69) is 5.32 Å². The first-order valence-corrected chi connectivity index (χ1v) is 9.23. The summed E-state index contributed by atoms with van der Waals surface area (Å²) in [4.78, 5) is 49.7. The number of benzene rings is 2. The van der Waals surface area contributed by atoms with Gasteiger partial charge in [0.05, 0.1) is 12.3 Å². The summed E-state index contributed by atoms with van der Waals surface area (Å²) in [7, 11) is 0. The van der Waals surface area contributed by atoms with Gasteiger partial charge in [0, 0.05) is 6.92 Å². The van der Waals surface area contributed by atoms with E-state index in [-0.39, 0.29) is 17.1 Å². The van der Waals surface area contributed by atoms with Crippen LogP contribution in [0.3, 0.4) is 0 Å². The average molecular weight is 408 g/mol. The summed E-state index contributed by atoms with van der Waals surface area (Å²) < 4.78 is 10.6. The highest BCUT2D eigenvalue weighted by Gasteiger charge is 2.36. The van der Waals surface area contributed by atoms with Gasteiger partial charge in [-0.2, -0.15) is 0 Å². The zero-order chi connectivity index (χ0) is 21.8. The number of amides is 4. The summed E-state index contributed by atoms with van der Waals surface area (Å²) in [5, 5.41) is 2.18. The van der Waals surface area contributed by atoms with Gasteiger partial charge >= 0.3 is 12.0 Å². The predicted molar refractivity (Wildman–Crippen MR) is 109 cm³/mol. The number of hydrogen-bond donors (Lipinski definition) is 1. The number of anilines is 1. The van der Waals surface area contributed by atoms with Crippen molar-refractivity contribution in [3.8, 4) is 11.5 Å². The third-order valence-corrected chi connectivity index (χ3v) is 4.23. The molecule has 154 valence electrons. The molecule has 2 aromatic rings. The van der Waals surface area contributed by atoms with E-state index in [1.54, 1.807) is 43.3 Å². The van der Waals surface area contributed by atoms with Crippen molar-refractivity contribution in [2.24, 2.45) is 0 Å². The molecule has 0 atom stereocenters. The number of esters is 1. The van der Waals surface area contributed by atoms with Gasteiger partial charge in [0.2, 0.25) is 0 Å². The molecule has 0 radical (unpaired) electrons. The topological polar surface area (TPSA) is 102 Å². The van der Waals surface area contributed by atoms with Gasteiger partial charge in [-0.25, -0.2) is 9.69 Å². The van der Waals surface area contributed by atoms with Crippen LogP contribution in [0.4, 0.5) is 10.5 Å². The minimum Gasteiger partial charge on any atom is -0.490 e. The van der Waals surface area contributed by atoms with Crippen molar-refractivity contribution in [1.82, 2.24) is 5.32 Å². The smallest absolute Gasteiger partial charge is 0.335 e. The lowest BCUT2D eigenvalue weighted by Crippen LogP contribution is -2.54. The standard InChI is InChI=1S/C22H20N2O6/c1-4-29-19-12-15(7-10-18(19)30-14(3)25)11-17-20(26)23-22(28)24(21(17)27)16-8-5-13(2)6-9-16/h5-12H,4H2,1-3H3,(H,23,26,28). The molecule has 8 nitrogen and oxygen atoms in total. The number of carbonyl (C=O) groups is 4. The minimum atomic E-state index is -0.814. The van der Waals surface area contributed by atoms with Crippen LogP contribution in [0, 0.1) is 6.92 Å². The van der Waals surface area contributed by atoms with Crippen molar-refractivity contribution in [3.05, 3.63) is 59.2 Å². The van der Waals surface area contributed by atoms with Gasteiger partial charge in [0.25, 0.3) is 11.8 Å². The van der Waals surface area contributed by atoms with E-state index < -0.39 is 23.8 Å². The van der Waals surface area contributed by atoms with Crippen LogP contribution >= 0.6 is 0 Å². The van der Waals surface area contributed by atoms with E-state index in [4.69, 9.17) is 9.47 Å². The summed E-state index contributed by atoms with van der Waals surface area (Å²) in [6.07, 6.45) is 1.35. The van der Waals surface area contributed by atoms with Crippen LogP contribution in [0.2, 0.25) is 0 Å². The SMILES string of the molecule is CCOc1cc(C=C2C(=O)NC(=O)N(c3ccc(C)cc3)C2=O)ccc1OC(C)=O. The van der Waals surface area contributed by atoms with Crippen molar-refractivity contribution >= 4 is 35.6 Å². The summed E-state index contributed by atoms with van der Waals surface area (Å²) >= 11 is 0. The van der Waals surface area contributed by atoms with Gasteiger partial charge in [-0.15, -0.1) is 0 Å². The van der Waals surface area contributed by atoms with E-state index in [1.165, 1.54) is 19.1 Å². The first kappa shape index (κ1) is 20.8. The second-order valence-corrected chi connectivity index (χ2v) is 6.53. The van der Waals surface area contributed by atoms with Gasteiger partial charge < -0.3 is 9.47 Å². The molecular weight excluding hydrogens is 388 g/mol. The maximum atomic E-state index is 12.9. The fourth-order valence-electron chi connectivity index (χ4n) is 2.87. The number of imide groups is 2. The quantitative estimate of drug-likeness (QED) is 0.353. The molecule has 0 bridgehead atoms. The molecule has 0 saturated carbocycles. The first-order chi connectivity index (χ1) is 14.3. The summed E-state index contributed by atoms with van der Waals surface area (Å²) in [6, 6.07) is 10.6. The highest BCUT2D eigenvalue weighted by atomic mass is 16.6. The number of barbiturate groups is 1. The predicted octanol–water partition coefficient (Wildman–Crippen LogP) is 2.99. The number of carbonyl (C=O) groups excluding carboxylic acids is 4. The molecule has 8 heteroatoms. The molecule has 0 unspecified atom stereocenters. The Morgan fingerprint density at radius 1 is 1.07 bits per heavy atom. The molecule has 4 amide bonds. The highest BCUT2D eigenvalue weighted by molar-refractivity contribution is 6.39. The van der Waals surface area contributed by atoms with Crippen LogP contribution in [0.15, 0.2) is 48.0 Å². The van der Waals surface area contributed by atoms with Crippen LogP contribution < -0.4 is 19.7 Å². The molecule has 0 spiro atoms. The second kappa shape index (κ2) is 8.60. The molecule has 0 aromatic heterocycles. The maximum absolute atomic E-state index is 12.9. The van der Waals surface area contributed by atoms with Crippen LogP contribution in [-0.2, 0) is 14.4 Å².